The maximum atomic E-state index is 10.3. The van der Waals surface area contributed by atoms with Crippen LogP contribution in [0.25, 0.3) is 0 Å². The Morgan fingerprint density at radius 3 is 2.65 bits per heavy atom. The van der Waals surface area contributed by atoms with Gasteiger partial charge in [0.25, 0.3) is 0 Å². The van der Waals surface area contributed by atoms with Crippen molar-refractivity contribution < 1.29 is 14.6 Å². The number of methoxy groups -OCH3 is 1. The topological polar surface area (TPSA) is 38.7 Å². The Bertz CT molecular complexity index is 371. The van der Waals surface area contributed by atoms with Crippen molar-refractivity contribution in [1.82, 2.24) is 0 Å². The quantitative estimate of drug-likeness (QED) is 0.609. The summed E-state index contributed by atoms with van der Waals surface area (Å²) < 4.78 is 10.3. The zero-order valence-electron chi connectivity index (χ0n) is 10.6. The lowest BCUT2D eigenvalue weighted by Gasteiger charge is -2.28. The van der Waals surface area contributed by atoms with Gasteiger partial charge in [0.05, 0.1) is 6.10 Å². The van der Waals surface area contributed by atoms with E-state index in [4.69, 9.17) is 9.47 Å². The number of para-hydroxylation sites is 1. The van der Waals surface area contributed by atoms with Crippen LogP contribution in [0.2, 0.25) is 0 Å². The summed E-state index contributed by atoms with van der Waals surface area (Å²) in [4.78, 5) is 0. The summed E-state index contributed by atoms with van der Waals surface area (Å²) in [7, 11) is 1.56. The van der Waals surface area contributed by atoms with Gasteiger partial charge in [-0.15, -0.1) is 6.58 Å². The fourth-order valence-electron chi connectivity index (χ4n) is 1.47. The Labute approximate surface area is 103 Å². The van der Waals surface area contributed by atoms with Crippen molar-refractivity contribution in [3.8, 4) is 5.75 Å². The molecule has 1 atom stereocenters. The van der Waals surface area contributed by atoms with Gasteiger partial charge < -0.3 is 14.6 Å². The Morgan fingerprint density at radius 1 is 1.41 bits per heavy atom. The highest BCUT2D eigenvalue weighted by atomic mass is 16.7. The second-order valence-corrected chi connectivity index (χ2v) is 4.52. The molecule has 17 heavy (non-hydrogen) atoms. The van der Waals surface area contributed by atoms with Crippen LogP contribution in [0, 0.1) is 5.41 Å². The first kappa shape index (κ1) is 13.7. The van der Waals surface area contributed by atoms with E-state index in [0.29, 0.717) is 5.75 Å². The van der Waals surface area contributed by atoms with Crippen molar-refractivity contribution in [3.63, 3.8) is 0 Å². The van der Waals surface area contributed by atoms with Gasteiger partial charge in [-0.2, -0.15) is 0 Å². The van der Waals surface area contributed by atoms with Gasteiger partial charge in [-0.3, -0.25) is 0 Å². The van der Waals surface area contributed by atoms with E-state index in [9.17, 15) is 5.11 Å². The first-order valence-corrected chi connectivity index (χ1v) is 5.55. The molecule has 1 unspecified atom stereocenters. The number of aliphatic hydroxyl groups is 1. The Balaban J connectivity index is 3.00. The molecule has 0 aromatic heterocycles. The van der Waals surface area contributed by atoms with Crippen LogP contribution in [0.4, 0.5) is 0 Å². The number of benzene rings is 1. The van der Waals surface area contributed by atoms with E-state index in [1.165, 1.54) is 0 Å². The molecule has 3 nitrogen and oxygen atoms in total. The van der Waals surface area contributed by atoms with E-state index in [1.54, 1.807) is 13.2 Å². The van der Waals surface area contributed by atoms with Crippen molar-refractivity contribution >= 4 is 0 Å². The largest absolute Gasteiger partial charge is 0.467 e. The van der Waals surface area contributed by atoms with Crippen LogP contribution >= 0.6 is 0 Å². The average Bonchev–Trinajstić information content (AvgIpc) is 2.35. The highest BCUT2D eigenvalue weighted by molar-refractivity contribution is 5.36. The van der Waals surface area contributed by atoms with Gasteiger partial charge in [-0.25, -0.2) is 0 Å². The third-order valence-electron chi connectivity index (χ3n) is 2.78. The molecule has 1 N–H and O–H groups in total. The van der Waals surface area contributed by atoms with Crippen molar-refractivity contribution in [2.24, 2.45) is 5.41 Å². The molecule has 0 bridgehead atoms. The molecule has 1 rings (SSSR count). The molecule has 0 saturated carbocycles. The lowest BCUT2D eigenvalue weighted by atomic mass is 9.82. The van der Waals surface area contributed by atoms with E-state index < -0.39 is 11.5 Å². The van der Waals surface area contributed by atoms with Gasteiger partial charge in [-0.05, 0) is 6.07 Å². The zero-order valence-corrected chi connectivity index (χ0v) is 10.6. The molecule has 0 aliphatic carbocycles. The second kappa shape index (κ2) is 5.84. The summed E-state index contributed by atoms with van der Waals surface area (Å²) in [5, 5.41) is 10.3. The normalized spacial score (nSPS) is 13.2. The number of aliphatic hydroxyl groups excluding tert-OH is 1. The summed E-state index contributed by atoms with van der Waals surface area (Å²) in [6.45, 7) is 7.77. The fourth-order valence-corrected chi connectivity index (χ4v) is 1.47. The summed E-state index contributed by atoms with van der Waals surface area (Å²) in [6, 6.07) is 7.40. The van der Waals surface area contributed by atoms with Gasteiger partial charge in [-0.1, -0.05) is 38.1 Å². The maximum absolute atomic E-state index is 10.3. The number of ether oxygens (including phenoxy) is 2. The molecule has 3 heteroatoms. The summed E-state index contributed by atoms with van der Waals surface area (Å²) >= 11 is 0. The molecule has 0 aliphatic rings. The van der Waals surface area contributed by atoms with Crippen molar-refractivity contribution in [2.45, 2.75) is 20.0 Å². The molecule has 0 spiro atoms. The predicted octanol–water partition coefficient (Wildman–Crippen LogP) is 2.91. The Hall–Kier alpha value is -1.32. The molecule has 1 aromatic carbocycles. The van der Waals surface area contributed by atoms with Gasteiger partial charge in [0.2, 0.25) is 0 Å². The summed E-state index contributed by atoms with van der Waals surface area (Å²) in [5.74, 6) is 0.636. The van der Waals surface area contributed by atoms with E-state index in [-0.39, 0.29) is 6.79 Å². The molecule has 1 aromatic rings. The number of hydrogen-bond donors (Lipinski definition) is 1. The molecule has 94 valence electrons. The average molecular weight is 236 g/mol. The minimum atomic E-state index is -0.659. The van der Waals surface area contributed by atoms with Crippen LogP contribution < -0.4 is 4.74 Å². The van der Waals surface area contributed by atoms with E-state index in [0.717, 1.165) is 5.56 Å². The van der Waals surface area contributed by atoms with E-state index >= 15 is 0 Å². The van der Waals surface area contributed by atoms with Crippen LogP contribution in [0.1, 0.15) is 25.5 Å². The van der Waals surface area contributed by atoms with Crippen molar-refractivity contribution in [1.29, 1.82) is 0 Å². The minimum Gasteiger partial charge on any atom is -0.467 e. The van der Waals surface area contributed by atoms with E-state index in [2.05, 4.69) is 6.58 Å². The van der Waals surface area contributed by atoms with Crippen LogP contribution in [-0.2, 0) is 4.74 Å². The van der Waals surface area contributed by atoms with Crippen molar-refractivity contribution in [2.75, 3.05) is 13.9 Å². The third-order valence-corrected chi connectivity index (χ3v) is 2.78. The predicted molar refractivity (Wildman–Crippen MR) is 67.9 cm³/mol. The van der Waals surface area contributed by atoms with Gasteiger partial charge in [0, 0.05) is 18.1 Å². The lowest BCUT2D eigenvalue weighted by Crippen LogP contribution is -2.20. The molecule has 0 amide bonds. The number of hydrogen-bond acceptors (Lipinski definition) is 3. The maximum Gasteiger partial charge on any atom is 0.188 e. The number of rotatable bonds is 6. The van der Waals surface area contributed by atoms with Crippen LogP contribution in [0.15, 0.2) is 36.9 Å². The fraction of sp³-hybridized carbons (Fsp3) is 0.429. The third kappa shape index (κ3) is 3.32. The lowest BCUT2D eigenvalue weighted by molar-refractivity contribution is 0.0414. The summed E-state index contributed by atoms with van der Waals surface area (Å²) in [5.41, 5.74) is 0.335. The zero-order chi connectivity index (χ0) is 12.9. The minimum absolute atomic E-state index is 0.165. The van der Waals surface area contributed by atoms with Gasteiger partial charge in [0.1, 0.15) is 5.75 Å². The SMILES string of the molecule is C=CC(C)(C)C(O)c1ccccc1OCOC. The first-order valence-electron chi connectivity index (χ1n) is 5.55. The highest BCUT2D eigenvalue weighted by Crippen LogP contribution is 2.38. The Morgan fingerprint density at radius 2 is 2.06 bits per heavy atom. The first-order chi connectivity index (χ1) is 8.03. The molecule has 0 radical (unpaired) electrons. The molecule has 0 fully saturated rings. The van der Waals surface area contributed by atoms with Gasteiger partial charge >= 0.3 is 0 Å². The van der Waals surface area contributed by atoms with Crippen LogP contribution in [-0.4, -0.2) is 19.0 Å². The van der Waals surface area contributed by atoms with Gasteiger partial charge in [0.15, 0.2) is 6.79 Å². The highest BCUT2D eigenvalue weighted by Gasteiger charge is 2.28. The van der Waals surface area contributed by atoms with E-state index in [1.807, 2.05) is 38.1 Å². The standard InChI is InChI=1S/C14H20O3/c1-5-14(2,3)13(15)11-8-6-7-9-12(11)17-10-16-4/h5-9,13,15H,1,10H2,2-4H3. The monoisotopic (exact) mass is 236 g/mol. The summed E-state index contributed by atoms with van der Waals surface area (Å²) in [6.07, 6.45) is 1.08. The Kier molecular flexibility index (Phi) is 4.73. The molecular formula is C14H20O3. The van der Waals surface area contributed by atoms with Crippen molar-refractivity contribution in [3.05, 3.63) is 42.5 Å². The van der Waals surface area contributed by atoms with Crippen LogP contribution in [0.3, 0.4) is 0 Å². The molecule has 0 aliphatic heterocycles. The van der Waals surface area contributed by atoms with Crippen LogP contribution in [0.5, 0.6) is 5.75 Å². The molecular weight excluding hydrogens is 216 g/mol. The molecule has 0 saturated heterocycles. The molecule has 0 heterocycles. The smallest absolute Gasteiger partial charge is 0.188 e. The second-order valence-electron chi connectivity index (χ2n) is 4.52.